The Labute approximate surface area is 149 Å². The van der Waals surface area contributed by atoms with Crippen molar-refractivity contribution in [1.82, 2.24) is 30.4 Å². The van der Waals surface area contributed by atoms with Crippen LogP contribution in [-0.4, -0.2) is 30.4 Å². The fourth-order valence-electron chi connectivity index (χ4n) is 2.13. The summed E-state index contributed by atoms with van der Waals surface area (Å²) in [5, 5.41) is 22.1. The third-order valence-electron chi connectivity index (χ3n) is 3.30. The summed E-state index contributed by atoms with van der Waals surface area (Å²) in [6.07, 6.45) is 0. The number of benzene rings is 1. The van der Waals surface area contributed by atoms with Gasteiger partial charge in [0.1, 0.15) is 5.82 Å². The van der Waals surface area contributed by atoms with Gasteiger partial charge in [-0.1, -0.05) is 23.9 Å². The number of hydrogen-bond acceptors (Lipinski definition) is 8. The van der Waals surface area contributed by atoms with Gasteiger partial charge in [-0.05, 0) is 47.0 Å². The number of tetrazole rings is 1. The smallest absolute Gasteiger partial charge is 0.257 e. The van der Waals surface area contributed by atoms with E-state index in [1.807, 2.05) is 24.4 Å². The van der Waals surface area contributed by atoms with E-state index in [1.165, 1.54) is 39.9 Å². The minimum atomic E-state index is -0.352. The van der Waals surface area contributed by atoms with Crippen molar-refractivity contribution in [2.45, 2.75) is 17.3 Å². The first-order valence-corrected chi connectivity index (χ1v) is 9.05. The largest absolute Gasteiger partial charge is 0.419 e. The van der Waals surface area contributed by atoms with Gasteiger partial charge in [-0.3, -0.25) is 0 Å². The van der Waals surface area contributed by atoms with Crippen LogP contribution in [0, 0.1) is 5.82 Å². The highest BCUT2D eigenvalue weighted by Gasteiger charge is 2.20. The molecule has 10 heteroatoms. The molecule has 0 saturated heterocycles. The second-order valence-electron chi connectivity index (χ2n) is 5.04. The number of halogens is 1. The molecular weight excluding hydrogens is 363 g/mol. The molecule has 4 aromatic rings. The van der Waals surface area contributed by atoms with Gasteiger partial charge in [0.25, 0.3) is 5.89 Å². The molecule has 7 nitrogen and oxygen atoms in total. The Bertz CT molecular complexity index is 984. The summed E-state index contributed by atoms with van der Waals surface area (Å²) < 4.78 is 20.6. The number of thioether (sulfide) groups is 1. The van der Waals surface area contributed by atoms with E-state index in [2.05, 4.69) is 25.7 Å². The zero-order valence-corrected chi connectivity index (χ0v) is 14.5. The molecular formula is C15H11FN6OS2. The van der Waals surface area contributed by atoms with Crippen LogP contribution in [0.4, 0.5) is 4.39 Å². The van der Waals surface area contributed by atoms with E-state index in [9.17, 15) is 4.39 Å². The highest BCUT2D eigenvalue weighted by molar-refractivity contribution is 7.99. The lowest BCUT2D eigenvalue weighted by atomic mass is 10.3. The molecule has 0 fully saturated rings. The van der Waals surface area contributed by atoms with E-state index in [4.69, 9.17) is 4.42 Å². The highest BCUT2D eigenvalue weighted by Crippen LogP contribution is 2.35. The molecule has 25 heavy (non-hydrogen) atoms. The van der Waals surface area contributed by atoms with Crippen molar-refractivity contribution < 1.29 is 8.81 Å². The van der Waals surface area contributed by atoms with Crippen LogP contribution in [-0.2, 0) is 0 Å². The minimum absolute atomic E-state index is 0.167. The van der Waals surface area contributed by atoms with Gasteiger partial charge in [0.2, 0.25) is 11.0 Å². The Balaban J connectivity index is 1.56. The minimum Gasteiger partial charge on any atom is -0.419 e. The maximum Gasteiger partial charge on any atom is 0.257 e. The summed E-state index contributed by atoms with van der Waals surface area (Å²) in [7, 11) is 0. The topological polar surface area (TPSA) is 82.5 Å². The van der Waals surface area contributed by atoms with Gasteiger partial charge in [0, 0.05) is 0 Å². The molecule has 1 atom stereocenters. The number of thiophene rings is 1. The number of aromatic nitrogens is 6. The fourth-order valence-corrected chi connectivity index (χ4v) is 3.61. The molecule has 0 radical (unpaired) electrons. The van der Waals surface area contributed by atoms with Gasteiger partial charge in [0.05, 0.1) is 15.8 Å². The summed E-state index contributed by atoms with van der Waals surface area (Å²) in [4.78, 5) is 0.917. The third kappa shape index (κ3) is 3.30. The third-order valence-corrected chi connectivity index (χ3v) is 5.17. The maximum absolute atomic E-state index is 13.4. The molecule has 0 bridgehead atoms. The quantitative estimate of drug-likeness (QED) is 0.492. The monoisotopic (exact) mass is 374 g/mol. The summed E-state index contributed by atoms with van der Waals surface area (Å²) in [6.45, 7) is 1.92. The number of rotatable bonds is 5. The molecule has 1 aromatic carbocycles. The molecule has 0 spiro atoms. The molecule has 0 aliphatic rings. The zero-order chi connectivity index (χ0) is 17.2. The van der Waals surface area contributed by atoms with E-state index in [0.29, 0.717) is 22.6 Å². The Morgan fingerprint density at radius 1 is 1.20 bits per heavy atom. The van der Waals surface area contributed by atoms with Crippen molar-refractivity contribution in [3.63, 3.8) is 0 Å². The second kappa shape index (κ2) is 6.73. The predicted molar refractivity (Wildman–Crippen MR) is 91.0 cm³/mol. The molecule has 3 aromatic heterocycles. The van der Waals surface area contributed by atoms with Crippen molar-refractivity contribution in [2.75, 3.05) is 0 Å². The normalized spacial score (nSPS) is 12.4. The second-order valence-corrected chi connectivity index (χ2v) is 7.29. The van der Waals surface area contributed by atoms with Crippen molar-refractivity contribution in [3.05, 3.63) is 53.5 Å². The summed E-state index contributed by atoms with van der Waals surface area (Å²) in [5.41, 5.74) is 0.546. The van der Waals surface area contributed by atoms with Gasteiger partial charge in [0.15, 0.2) is 0 Å². The van der Waals surface area contributed by atoms with Gasteiger partial charge >= 0.3 is 0 Å². The Morgan fingerprint density at radius 3 is 2.92 bits per heavy atom. The highest BCUT2D eigenvalue weighted by atomic mass is 32.2. The SMILES string of the molecule is C[C@@H](Sc1nnnn1-c1cccc(F)c1)c1nnc(-c2cccs2)o1. The van der Waals surface area contributed by atoms with Gasteiger partial charge < -0.3 is 4.42 Å². The lowest BCUT2D eigenvalue weighted by Crippen LogP contribution is -2.00. The van der Waals surface area contributed by atoms with Gasteiger partial charge in [-0.2, -0.15) is 4.68 Å². The van der Waals surface area contributed by atoms with Crippen LogP contribution >= 0.6 is 23.1 Å². The van der Waals surface area contributed by atoms with Crippen molar-refractivity contribution >= 4 is 23.1 Å². The lowest BCUT2D eigenvalue weighted by Gasteiger charge is -2.07. The standard InChI is InChI=1S/C15H11FN6OS2/c1-9(13-17-18-14(23-13)12-6-3-7-24-12)25-15-19-20-21-22(15)11-5-2-4-10(16)8-11/h2-9H,1H3/t9-/m1/s1. The Kier molecular flexibility index (Phi) is 4.28. The van der Waals surface area contributed by atoms with E-state index in [0.717, 1.165) is 4.88 Å². The first kappa shape index (κ1) is 15.9. The van der Waals surface area contributed by atoms with Crippen LogP contribution in [0.3, 0.4) is 0 Å². The van der Waals surface area contributed by atoms with Crippen molar-refractivity contribution in [1.29, 1.82) is 0 Å². The molecule has 4 rings (SSSR count). The number of hydrogen-bond donors (Lipinski definition) is 0. The number of nitrogens with zero attached hydrogens (tertiary/aromatic N) is 6. The molecule has 126 valence electrons. The van der Waals surface area contributed by atoms with E-state index < -0.39 is 0 Å². The molecule has 0 saturated carbocycles. The summed E-state index contributed by atoms with van der Waals surface area (Å²) in [5.74, 6) is 0.610. The van der Waals surface area contributed by atoms with E-state index in [-0.39, 0.29) is 11.1 Å². The molecule has 0 unspecified atom stereocenters. The molecule has 0 aliphatic heterocycles. The Hall–Kier alpha value is -2.59. The fraction of sp³-hybridized carbons (Fsp3) is 0.133. The first-order valence-electron chi connectivity index (χ1n) is 7.29. The van der Waals surface area contributed by atoms with Crippen LogP contribution in [0.1, 0.15) is 18.1 Å². The van der Waals surface area contributed by atoms with Gasteiger partial charge in [-0.25, -0.2) is 4.39 Å². The maximum atomic E-state index is 13.4. The molecule has 3 heterocycles. The summed E-state index contributed by atoms with van der Waals surface area (Å²) >= 11 is 2.89. The molecule has 0 amide bonds. The van der Waals surface area contributed by atoms with Crippen molar-refractivity contribution in [3.8, 4) is 16.5 Å². The van der Waals surface area contributed by atoms with Crippen LogP contribution in [0.25, 0.3) is 16.5 Å². The predicted octanol–water partition coefficient (Wildman–Crippen LogP) is 3.77. The summed E-state index contributed by atoms with van der Waals surface area (Å²) in [6, 6.07) is 9.92. The molecule has 0 N–H and O–H groups in total. The molecule has 0 aliphatic carbocycles. The van der Waals surface area contributed by atoms with E-state index in [1.54, 1.807) is 12.1 Å². The van der Waals surface area contributed by atoms with Crippen LogP contribution < -0.4 is 0 Å². The van der Waals surface area contributed by atoms with Crippen LogP contribution in [0.15, 0.2) is 51.4 Å². The van der Waals surface area contributed by atoms with Crippen LogP contribution in [0.2, 0.25) is 0 Å². The van der Waals surface area contributed by atoms with Crippen molar-refractivity contribution in [2.24, 2.45) is 0 Å². The van der Waals surface area contributed by atoms with Crippen LogP contribution in [0.5, 0.6) is 0 Å². The average molecular weight is 374 g/mol. The van der Waals surface area contributed by atoms with E-state index >= 15 is 0 Å². The first-order chi connectivity index (χ1) is 12.2. The Morgan fingerprint density at radius 2 is 2.12 bits per heavy atom. The van der Waals surface area contributed by atoms with Gasteiger partial charge in [-0.15, -0.1) is 26.6 Å². The lowest BCUT2D eigenvalue weighted by molar-refractivity contribution is 0.509. The average Bonchev–Trinajstić information content (AvgIpc) is 3.35. The zero-order valence-electron chi connectivity index (χ0n) is 12.9.